The minimum absolute atomic E-state index is 0.228. The van der Waals surface area contributed by atoms with Crippen molar-refractivity contribution in [2.24, 2.45) is 0 Å². The molecule has 0 amide bonds. The maximum Gasteiger partial charge on any atom is 0.330 e. The van der Waals surface area contributed by atoms with E-state index in [-0.39, 0.29) is 5.97 Å². The van der Waals surface area contributed by atoms with Crippen LogP contribution in [0.25, 0.3) is 0 Å². The van der Waals surface area contributed by atoms with Crippen LogP contribution in [0, 0.1) is 0 Å². The van der Waals surface area contributed by atoms with Crippen molar-refractivity contribution >= 4 is 5.97 Å². The summed E-state index contributed by atoms with van der Waals surface area (Å²) in [6, 6.07) is 0. The van der Waals surface area contributed by atoms with E-state index in [1.54, 1.807) is 6.08 Å². The Morgan fingerprint density at radius 2 is 2.33 bits per heavy atom. The van der Waals surface area contributed by atoms with Crippen LogP contribution in [0.1, 0.15) is 45.4 Å². The Balaban J connectivity index is 2.49. The first kappa shape index (κ1) is 12.0. The van der Waals surface area contributed by atoms with Crippen molar-refractivity contribution < 1.29 is 9.53 Å². The lowest BCUT2D eigenvalue weighted by Crippen LogP contribution is -1.97. The zero-order chi connectivity index (χ0) is 11.1. The third-order valence-electron chi connectivity index (χ3n) is 2.76. The van der Waals surface area contributed by atoms with Gasteiger partial charge in [0.1, 0.15) is 0 Å². The highest BCUT2D eigenvalue weighted by molar-refractivity contribution is 5.83. The number of hydrogen-bond acceptors (Lipinski definition) is 2. The largest absolute Gasteiger partial charge is 0.466 e. The average Bonchev–Trinajstić information content (AvgIpc) is 2.66. The molecule has 0 saturated carbocycles. The predicted octanol–water partition coefficient (Wildman–Crippen LogP) is 3.39. The van der Waals surface area contributed by atoms with Gasteiger partial charge in [-0.15, -0.1) is 0 Å². The number of rotatable bonds is 5. The number of unbranched alkanes of at least 4 members (excludes halogenated alkanes) is 2. The molecule has 0 spiro atoms. The van der Waals surface area contributed by atoms with Crippen LogP contribution in [0.3, 0.4) is 0 Å². The summed E-state index contributed by atoms with van der Waals surface area (Å²) in [4.78, 5) is 11.1. The van der Waals surface area contributed by atoms with Gasteiger partial charge in [-0.1, -0.05) is 25.8 Å². The maximum absolute atomic E-state index is 11.1. The van der Waals surface area contributed by atoms with Crippen LogP contribution in [0.4, 0.5) is 0 Å². The normalized spacial score (nSPS) is 18.0. The lowest BCUT2D eigenvalue weighted by atomic mass is 10.0. The molecule has 0 radical (unpaired) electrons. The number of methoxy groups -OCH3 is 1. The number of ether oxygens (including phenoxy) is 1. The van der Waals surface area contributed by atoms with Crippen molar-refractivity contribution in [3.05, 3.63) is 23.3 Å². The Labute approximate surface area is 92.0 Å². The van der Waals surface area contributed by atoms with Crippen LogP contribution in [0.5, 0.6) is 0 Å². The molecule has 0 aromatic rings. The molecule has 0 aromatic heterocycles. The number of carbonyl (C=O) groups is 1. The molecule has 0 aliphatic heterocycles. The van der Waals surface area contributed by atoms with Crippen molar-refractivity contribution in [3.8, 4) is 0 Å². The second-order valence-electron chi connectivity index (χ2n) is 3.92. The van der Waals surface area contributed by atoms with Crippen LogP contribution in [-0.4, -0.2) is 13.1 Å². The maximum atomic E-state index is 11.1. The minimum Gasteiger partial charge on any atom is -0.466 e. The molecule has 0 aromatic carbocycles. The Hall–Kier alpha value is -1.05. The van der Waals surface area contributed by atoms with Gasteiger partial charge in [-0.25, -0.2) is 4.79 Å². The van der Waals surface area contributed by atoms with Gasteiger partial charge in [0.25, 0.3) is 0 Å². The molecule has 0 saturated heterocycles. The van der Waals surface area contributed by atoms with Crippen molar-refractivity contribution in [3.63, 3.8) is 0 Å². The third-order valence-corrected chi connectivity index (χ3v) is 2.76. The van der Waals surface area contributed by atoms with E-state index in [4.69, 9.17) is 0 Å². The van der Waals surface area contributed by atoms with Crippen molar-refractivity contribution in [2.45, 2.75) is 45.4 Å². The summed E-state index contributed by atoms with van der Waals surface area (Å²) in [7, 11) is 1.43. The van der Waals surface area contributed by atoms with E-state index in [9.17, 15) is 4.79 Å². The fourth-order valence-corrected chi connectivity index (χ4v) is 1.89. The molecule has 0 atom stereocenters. The Morgan fingerprint density at radius 3 is 3.00 bits per heavy atom. The standard InChI is InChI=1S/C13H20O2/c1-3-4-5-7-11-8-6-9-12(11)10-13(14)15-2/h8,10H,3-7,9H2,1-2H3. The zero-order valence-corrected chi connectivity index (χ0v) is 9.71. The van der Waals surface area contributed by atoms with Gasteiger partial charge in [0, 0.05) is 6.08 Å². The summed E-state index contributed by atoms with van der Waals surface area (Å²) in [5, 5.41) is 0. The Bertz CT molecular complexity index is 274. The summed E-state index contributed by atoms with van der Waals surface area (Å²) in [6.45, 7) is 2.20. The fraction of sp³-hybridized carbons (Fsp3) is 0.615. The van der Waals surface area contributed by atoms with E-state index in [0.717, 1.165) is 19.3 Å². The Kier molecular flexibility index (Phi) is 5.16. The summed E-state index contributed by atoms with van der Waals surface area (Å²) in [5.74, 6) is -0.228. The molecular weight excluding hydrogens is 188 g/mol. The smallest absolute Gasteiger partial charge is 0.330 e. The number of allylic oxidation sites excluding steroid dienone is 3. The second-order valence-corrected chi connectivity index (χ2v) is 3.92. The van der Waals surface area contributed by atoms with E-state index >= 15 is 0 Å². The van der Waals surface area contributed by atoms with E-state index in [1.165, 1.54) is 37.5 Å². The van der Waals surface area contributed by atoms with Gasteiger partial charge in [-0.05, 0) is 36.8 Å². The Morgan fingerprint density at radius 1 is 1.53 bits per heavy atom. The van der Waals surface area contributed by atoms with Gasteiger partial charge in [-0.3, -0.25) is 0 Å². The van der Waals surface area contributed by atoms with E-state index in [2.05, 4.69) is 17.7 Å². The van der Waals surface area contributed by atoms with E-state index in [1.807, 2.05) is 0 Å². The molecule has 84 valence electrons. The highest BCUT2D eigenvalue weighted by Gasteiger charge is 2.12. The topological polar surface area (TPSA) is 26.3 Å². The van der Waals surface area contributed by atoms with Gasteiger partial charge in [0.2, 0.25) is 0 Å². The lowest BCUT2D eigenvalue weighted by Gasteiger charge is -2.04. The SMILES string of the molecule is CCCCCC1=CCCC1=CC(=O)OC. The highest BCUT2D eigenvalue weighted by Crippen LogP contribution is 2.28. The number of carbonyl (C=O) groups excluding carboxylic acids is 1. The molecule has 0 heterocycles. The molecule has 1 rings (SSSR count). The summed E-state index contributed by atoms with van der Waals surface area (Å²) >= 11 is 0. The van der Waals surface area contributed by atoms with Crippen molar-refractivity contribution in [1.82, 2.24) is 0 Å². The second kappa shape index (κ2) is 6.44. The predicted molar refractivity (Wildman–Crippen MR) is 61.6 cm³/mol. The fourth-order valence-electron chi connectivity index (χ4n) is 1.89. The monoisotopic (exact) mass is 208 g/mol. The van der Waals surface area contributed by atoms with Crippen molar-refractivity contribution in [2.75, 3.05) is 7.11 Å². The first-order valence-corrected chi connectivity index (χ1v) is 5.75. The van der Waals surface area contributed by atoms with Crippen LogP contribution in [0.2, 0.25) is 0 Å². The number of hydrogen-bond donors (Lipinski definition) is 0. The van der Waals surface area contributed by atoms with E-state index < -0.39 is 0 Å². The molecule has 1 aliphatic carbocycles. The number of esters is 1. The molecule has 15 heavy (non-hydrogen) atoms. The molecular formula is C13H20O2. The quantitative estimate of drug-likeness (QED) is 0.393. The summed E-state index contributed by atoms with van der Waals surface area (Å²) in [6.07, 6.45) is 10.8. The van der Waals surface area contributed by atoms with Gasteiger partial charge < -0.3 is 4.74 Å². The van der Waals surface area contributed by atoms with E-state index in [0.29, 0.717) is 0 Å². The van der Waals surface area contributed by atoms with Gasteiger partial charge in [0.15, 0.2) is 0 Å². The first-order chi connectivity index (χ1) is 7.27. The van der Waals surface area contributed by atoms with Crippen LogP contribution in [-0.2, 0) is 9.53 Å². The van der Waals surface area contributed by atoms with Crippen LogP contribution in [0.15, 0.2) is 23.3 Å². The van der Waals surface area contributed by atoms with Crippen LogP contribution < -0.4 is 0 Å². The molecule has 2 nitrogen and oxygen atoms in total. The third kappa shape index (κ3) is 3.90. The highest BCUT2D eigenvalue weighted by atomic mass is 16.5. The summed E-state index contributed by atoms with van der Waals surface area (Å²) < 4.78 is 4.64. The molecule has 0 bridgehead atoms. The first-order valence-electron chi connectivity index (χ1n) is 5.75. The van der Waals surface area contributed by atoms with Gasteiger partial charge in [0.05, 0.1) is 7.11 Å². The van der Waals surface area contributed by atoms with Gasteiger partial charge in [-0.2, -0.15) is 0 Å². The van der Waals surface area contributed by atoms with Gasteiger partial charge >= 0.3 is 5.97 Å². The minimum atomic E-state index is -0.228. The van der Waals surface area contributed by atoms with Crippen molar-refractivity contribution in [1.29, 1.82) is 0 Å². The molecule has 2 heteroatoms. The molecule has 0 N–H and O–H groups in total. The summed E-state index contributed by atoms with van der Waals surface area (Å²) in [5.41, 5.74) is 2.53. The van der Waals surface area contributed by atoms with Crippen LogP contribution >= 0.6 is 0 Å². The average molecular weight is 208 g/mol. The molecule has 0 unspecified atom stereocenters. The lowest BCUT2D eigenvalue weighted by molar-refractivity contribution is -0.134. The molecule has 1 aliphatic rings. The zero-order valence-electron chi connectivity index (χ0n) is 9.71. The molecule has 0 fully saturated rings.